The first-order chi connectivity index (χ1) is 8.68. The first-order valence-electron chi connectivity index (χ1n) is 5.47. The molecule has 2 aromatic rings. The van der Waals surface area contributed by atoms with Crippen LogP contribution in [0.4, 0.5) is 11.4 Å². The molecule has 4 heteroatoms. The van der Waals surface area contributed by atoms with E-state index in [0.29, 0.717) is 10.7 Å². The summed E-state index contributed by atoms with van der Waals surface area (Å²) < 4.78 is 0. The fourth-order valence-corrected chi connectivity index (χ4v) is 1.97. The van der Waals surface area contributed by atoms with E-state index in [9.17, 15) is 4.79 Å². The molecule has 3 nitrogen and oxygen atoms in total. The molecule has 0 atom stereocenters. The van der Waals surface area contributed by atoms with Gasteiger partial charge in [-0.05, 0) is 24.3 Å². The summed E-state index contributed by atoms with van der Waals surface area (Å²) in [5, 5.41) is 9.54. The standard InChI is InChI=1S/C14H12ClNO2/c15-12-8-4-5-9-13(12)16(10-14(17)18)11-6-2-1-3-7-11/h1-9H,10H2,(H,17,18). The Labute approximate surface area is 110 Å². The van der Waals surface area contributed by atoms with Crippen LogP contribution in [0.5, 0.6) is 0 Å². The van der Waals surface area contributed by atoms with Crippen molar-refractivity contribution in [1.29, 1.82) is 0 Å². The summed E-state index contributed by atoms with van der Waals surface area (Å²) in [6.07, 6.45) is 0. The average Bonchev–Trinajstić information content (AvgIpc) is 2.38. The molecule has 0 heterocycles. The maximum absolute atomic E-state index is 11.0. The van der Waals surface area contributed by atoms with Gasteiger partial charge in [0.25, 0.3) is 0 Å². The number of hydrogen-bond donors (Lipinski definition) is 1. The number of hydrogen-bond acceptors (Lipinski definition) is 2. The zero-order valence-electron chi connectivity index (χ0n) is 9.58. The molecule has 2 aromatic carbocycles. The Bertz CT molecular complexity index is 543. The van der Waals surface area contributed by atoms with Gasteiger partial charge in [-0.25, -0.2) is 0 Å². The third-order valence-corrected chi connectivity index (χ3v) is 2.82. The highest BCUT2D eigenvalue weighted by Gasteiger charge is 2.14. The van der Waals surface area contributed by atoms with Crippen LogP contribution in [0.2, 0.25) is 5.02 Å². The number of aliphatic carboxylic acids is 1. The van der Waals surface area contributed by atoms with Gasteiger partial charge in [-0.2, -0.15) is 0 Å². The number of carbonyl (C=O) groups is 1. The molecule has 0 unspecified atom stereocenters. The van der Waals surface area contributed by atoms with Crippen molar-refractivity contribution in [2.24, 2.45) is 0 Å². The Morgan fingerprint density at radius 1 is 1.06 bits per heavy atom. The predicted octanol–water partition coefficient (Wildman–Crippen LogP) is 3.56. The van der Waals surface area contributed by atoms with E-state index in [0.717, 1.165) is 5.69 Å². The van der Waals surface area contributed by atoms with Crippen LogP contribution in [-0.2, 0) is 4.79 Å². The first kappa shape index (κ1) is 12.5. The monoisotopic (exact) mass is 261 g/mol. The molecular formula is C14H12ClNO2. The highest BCUT2D eigenvalue weighted by atomic mass is 35.5. The fraction of sp³-hybridized carbons (Fsp3) is 0.0714. The molecule has 0 aliphatic heterocycles. The van der Waals surface area contributed by atoms with Gasteiger partial charge in [0.2, 0.25) is 0 Å². The minimum Gasteiger partial charge on any atom is -0.480 e. The van der Waals surface area contributed by atoms with E-state index in [-0.39, 0.29) is 6.54 Å². The minimum absolute atomic E-state index is 0.131. The van der Waals surface area contributed by atoms with Crippen molar-refractivity contribution in [3.8, 4) is 0 Å². The molecule has 0 saturated heterocycles. The number of nitrogens with zero attached hydrogens (tertiary/aromatic N) is 1. The van der Waals surface area contributed by atoms with Gasteiger partial charge in [-0.1, -0.05) is 41.9 Å². The second-order valence-corrected chi connectivity index (χ2v) is 4.17. The smallest absolute Gasteiger partial charge is 0.323 e. The fourth-order valence-electron chi connectivity index (χ4n) is 1.73. The number of anilines is 2. The number of halogens is 1. The van der Waals surface area contributed by atoms with Gasteiger partial charge in [0.1, 0.15) is 6.54 Å². The van der Waals surface area contributed by atoms with Crippen LogP contribution >= 0.6 is 11.6 Å². The lowest BCUT2D eigenvalue weighted by atomic mass is 10.2. The average molecular weight is 262 g/mol. The van der Waals surface area contributed by atoms with Crippen LogP contribution in [0.25, 0.3) is 0 Å². The van der Waals surface area contributed by atoms with Crippen LogP contribution in [0, 0.1) is 0 Å². The number of carboxylic acids is 1. The molecule has 0 aromatic heterocycles. The second kappa shape index (κ2) is 5.56. The van der Waals surface area contributed by atoms with E-state index < -0.39 is 5.97 Å². The topological polar surface area (TPSA) is 40.5 Å². The zero-order valence-corrected chi connectivity index (χ0v) is 10.3. The van der Waals surface area contributed by atoms with Crippen LogP contribution in [0.15, 0.2) is 54.6 Å². The molecule has 0 fully saturated rings. The van der Waals surface area contributed by atoms with E-state index in [1.807, 2.05) is 42.5 Å². The van der Waals surface area contributed by atoms with Crippen molar-refractivity contribution >= 4 is 28.9 Å². The number of carboxylic acid groups (broad SMARTS) is 1. The molecule has 0 aliphatic carbocycles. The SMILES string of the molecule is O=C(O)CN(c1ccccc1)c1ccccc1Cl. The molecule has 92 valence electrons. The summed E-state index contributed by atoms with van der Waals surface area (Å²) in [7, 11) is 0. The van der Waals surface area contributed by atoms with E-state index >= 15 is 0 Å². The lowest BCUT2D eigenvalue weighted by molar-refractivity contribution is -0.135. The zero-order chi connectivity index (χ0) is 13.0. The quantitative estimate of drug-likeness (QED) is 0.915. The number of benzene rings is 2. The molecule has 0 bridgehead atoms. The van der Waals surface area contributed by atoms with Gasteiger partial charge < -0.3 is 10.0 Å². The normalized spacial score (nSPS) is 10.1. The van der Waals surface area contributed by atoms with Crippen LogP contribution < -0.4 is 4.90 Å². The predicted molar refractivity (Wildman–Crippen MR) is 72.5 cm³/mol. The lowest BCUT2D eigenvalue weighted by Gasteiger charge is -2.23. The Hall–Kier alpha value is -2.00. The summed E-state index contributed by atoms with van der Waals surface area (Å²) >= 11 is 6.12. The molecule has 18 heavy (non-hydrogen) atoms. The molecule has 0 radical (unpaired) electrons. The van der Waals surface area contributed by atoms with Gasteiger partial charge in [-0.3, -0.25) is 4.79 Å². The Balaban J connectivity index is 2.44. The largest absolute Gasteiger partial charge is 0.480 e. The van der Waals surface area contributed by atoms with Crippen molar-refractivity contribution in [1.82, 2.24) is 0 Å². The molecule has 0 saturated carbocycles. The summed E-state index contributed by atoms with van der Waals surface area (Å²) in [5.41, 5.74) is 1.49. The van der Waals surface area contributed by atoms with E-state index in [1.54, 1.807) is 17.0 Å². The lowest BCUT2D eigenvalue weighted by Crippen LogP contribution is -2.25. The summed E-state index contributed by atoms with van der Waals surface area (Å²) in [5.74, 6) is -0.904. The molecule has 0 aliphatic rings. The maximum atomic E-state index is 11.0. The van der Waals surface area contributed by atoms with Crippen molar-refractivity contribution in [3.63, 3.8) is 0 Å². The van der Waals surface area contributed by atoms with Crippen molar-refractivity contribution < 1.29 is 9.90 Å². The van der Waals surface area contributed by atoms with Crippen LogP contribution in [0.3, 0.4) is 0 Å². The summed E-state index contributed by atoms with van der Waals surface area (Å²) in [4.78, 5) is 12.7. The molecule has 1 N–H and O–H groups in total. The summed E-state index contributed by atoms with van der Waals surface area (Å²) in [6.45, 7) is -0.131. The minimum atomic E-state index is -0.904. The highest BCUT2D eigenvalue weighted by molar-refractivity contribution is 6.33. The van der Waals surface area contributed by atoms with Gasteiger partial charge in [0, 0.05) is 5.69 Å². The van der Waals surface area contributed by atoms with E-state index in [2.05, 4.69) is 0 Å². The van der Waals surface area contributed by atoms with Gasteiger partial charge >= 0.3 is 5.97 Å². The molecule has 0 spiro atoms. The first-order valence-corrected chi connectivity index (χ1v) is 5.85. The Morgan fingerprint density at radius 3 is 2.28 bits per heavy atom. The van der Waals surface area contributed by atoms with E-state index in [4.69, 9.17) is 16.7 Å². The Morgan fingerprint density at radius 2 is 1.67 bits per heavy atom. The third kappa shape index (κ3) is 2.81. The number of rotatable bonds is 4. The second-order valence-electron chi connectivity index (χ2n) is 3.77. The third-order valence-electron chi connectivity index (χ3n) is 2.50. The molecule has 2 rings (SSSR count). The van der Waals surface area contributed by atoms with Crippen LogP contribution in [-0.4, -0.2) is 17.6 Å². The maximum Gasteiger partial charge on any atom is 0.323 e. The number of para-hydroxylation sites is 2. The van der Waals surface area contributed by atoms with Crippen LogP contribution in [0.1, 0.15) is 0 Å². The van der Waals surface area contributed by atoms with Gasteiger partial charge in [0.15, 0.2) is 0 Å². The Kier molecular flexibility index (Phi) is 3.85. The molecular weight excluding hydrogens is 250 g/mol. The van der Waals surface area contributed by atoms with E-state index in [1.165, 1.54) is 0 Å². The van der Waals surface area contributed by atoms with Crippen molar-refractivity contribution in [2.75, 3.05) is 11.4 Å². The highest BCUT2D eigenvalue weighted by Crippen LogP contribution is 2.31. The van der Waals surface area contributed by atoms with Gasteiger partial charge in [-0.15, -0.1) is 0 Å². The van der Waals surface area contributed by atoms with Crippen molar-refractivity contribution in [3.05, 3.63) is 59.6 Å². The molecule has 0 amide bonds. The van der Waals surface area contributed by atoms with Crippen molar-refractivity contribution in [2.45, 2.75) is 0 Å². The summed E-state index contributed by atoms with van der Waals surface area (Å²) in [6, 6.07) is 16.5. The van der Waals surface area contributed by atoms with Gasteiger partial charge in [0.05, 0.1) is 10.7 Å².